The standard InChI is InChI=1S/C47H40N2S2/c1-25(2)47(26(3)4)39-23-31-29-17-15-27(43(48-9)49-10)19-35(29)45(5,6)37(31)21-33(39)34-22-38-32(24-40(34)47)30-18-16-28(20-36(30)46(38,7)8)44-50-41-13-11-12-14-42(41)51-44/h11-26H,1-8H3. The Bertz CT molecular complexity index is 2900. The zero-order chi connectivity index (χ0) is 35.8. The maximum Gasteiger partial charge on any atom is 0.526 e. The monoisotopic (exact) mass is 696 g/mol. The zero-order valence-corrected chi connectivity index (χ0v) is 32.1. The molecule has 0 saturated carbocycles. The summed E-state index contributed by atoms with van der Waals surface area (Å²) in [5.41, 5.74) is 7.70. The minimum Gasteiger partial charge on any atom is -0.153 e. The van der Waals surface area contributed by atoms with Gasteiger partial charge in [-0.1, -0.05) is 121 Å². The van der Waals surface area contributed by atoms with Crippen molar-refractivity contribution >= 4 is 33.6 Å². The number of nitrogens with zero attached hydrogens (tertiary/aromatic N) is 2. The Morgan fingerprint density at radius 2 is 0.961 bits per heavy atom. The van der Waals surface area contributed by atoms with Crippen molar-refractivity contribution in [2.45, 2.75) is 81.4 Å². The van der Waals surface area contributed by atoms with E-state index in [-0.39, 0.29) is 22.1 Å². The molecule has 0 aromatic heterocycles. The number of hydrogen-bond acceptors (Lipinski definition) is 2. The summed E-state index contributed by atoms with van der Waals surface area (Å²) in [6.07, 6.45) is 0. The lowest BCUT2D eigenvalue weighted by molar-refractivity contribution is 0.276. The first-order valence-corrected chi connectivity index (χ1v) is 19.6. The maximum absolute atomic E-state index is 7.57. The quantitative estimate of drug-likeness (QED) is 0.170. The van der Waals surface area contributed by atoms with Gasteiger partial charge in [0.1, 0.15) is 13.1 Å². The predicted molar refractivity (Wildman–Crippen MR) is 211 cm³/mol. The molecule has 0 radical (unpaired) electrons. The Kier molecular flexibility index (Phi) is 6.85. The van der Waals surface area contributed by atoms with E-state index < -0.39 is 0 Å². The van der Waals surface area contributed by atoms with Crippen molar-refractivity contribution in [1.29, 1.82) is 0 Å². The molecule has 9 rings (SSSR count). The van der Waals surface area contributed by atoms with E-state index in [9.17, 15) is 0 Å². The van der Waals surface area contributed by atoms with Crippen LogP contribution in [0.1, 0.15) is 88.8 Å². The smallest absolute Gasteiger partial charge is 0.153 e. The average Bonchev–Trinajstić information content (AvgIpc) is 3.79. The van der Waals surface area contributed by atoms with Crippen LogP contribution < -0.4 is 10.4 Å². The summed E-state index contributed by atoms with van der Waals surface area (Å²) < 4.78 is 1.36. The summed E-state index contributed by atoms with van der Waals surface area (Å²) in [6, 6.07) is 32.3. The van der Waals surface area contributed by atoms with Crippen LogP contribution in [-0.2, 0) is 16.2 Å². The molecule has 0 N–H and O–H groups in total. The fraction of sp³-hybridized carbons (Fsp3) is 0.277. The van der Waals surface area contributed by atoms with Gasteiger partial charge in [0, 0.05) is 26.0 Å². The molecule has 1 aliphatic heterocycles. The van der Waals surface area contributed by atoms with Crippen LogP contribution in [0.15, 0.2) is 94.7 Å². The van der Waals surface area contributed by atoms with Crippen LogP contribution in [0.5, 0.6) is 0 Å². The highest BCUT2D eigenvalue weighted by atomic mass is 32.2. The molecule has 0 spiro atoms. The Balaban J connectivity index is 1.36. The SMILES string of the molecule is [C-]#[N+]C([N+]#[C-])=c1ccc2c(c1)C(C)(C)c1cc3c(cc1=2)C(C(C)C)(C(C)C)c1cc2c(cc1=3)C(C)(C)c1cc(=C3Sc4ccccc4S3)ccc1=2. The number of rotatable bonds is 2. The number of fused-ring (bicyclic) bond motifs is 7. The average molecular weight is 697 g/mol. The molecule has 0 unspecified atom stereocenters. The summed E-state index contributed by atoms with van der Waals surface area (Å²) in [5, 5.41) is 10.0. The van der Waals surface area contributed by atoms with Gasteiger partial charge in [-0.15, -0.1) is 0 Å². The van der Waals surface area contributed by atoms with Crippen LogP contribution >= 0.6 is 23.5 Å². The van der Waals surface area contributed by atoms with Gasteiger partial charge in [-0.2, -0.15) is 9.69 Å². The molecule has 5 aromatic rings. The third-order valence-electron chi connectivity index (χ3n) is 12.6. The molecule has 3 aliphatic carbocycles. The zero-order valence-electron chi connectivity index (χ0n) is 30.4. The van der Waals surface area contributed by atoms with Gasteiger partial charge < -0.3 is 0 Å². The van der Waals surface area contributed by atoms with Crippen LogP contribution in [0.2, 0.25) is 0 Å². The van der Waals surface area contributed by atoms with Crippen molar-refractivity contribution in [3.05, 3.63) is 183 Å². The molecule has 51 heavy (non-hydrogen) atoms. The van der Waals surface area contributed by atoms with Gasteiger partial charge >= 0.3 is 5.82 Å². The van der Waals surface area contributed by atoms with E-state index in [1.807, 2.05) is 29.6 Å². The van der Waals surface area contributed by atoms with E-state index >= 15 is 0 Å². The maximum atomic E-state index is 7.57. The molecule has 250 valence electrons. The number of thioether (sulfide) groups is 2. The molecule has 0 amide bonds. The third kappa shape index (κ3) is 4.13. The summed E-state index contributed by atoms with van der Waals surface area (Å²) in [7, 11) is 0. The van der Waals surface area contributed by atoms with Crippen LogP contribution in [0.4, 0.5) is 0 Å². The molecule has 0 fully saturated rings. The lowest BCUT2D eigenvalue weighted by Gasteiger charge is -2.41. The highest BCUT2D eigenvalue weighted by Gasteiger charge is 2.47. The van der Waals surface area contributed by atoms with E-state index in [1.54, 1.807) is 0 Å². The third-order valence-corrected chi connectivity index (χ3v) is 15.2. The Hall–Kier alpha value is -4.48. The second-order valence-corrected chi connectivity index (χ2v) is 18.7. The van der Waals surface area contributed by atoms with Gasteiger partial charge in [0.05, 0.1) is 9.46 Å². The molecule has 1 heterocycles. The van der Waals surface area contributed by atoms with Crippen molar-refractivity contribution in [2.75, 3.05) is 0 Å². The lowest BCUT2D eigenvalue weighted by Crippen LogP contribution is -2.38. The lowest BCUT2D eigenvalue weighted by atomic mass is 9.62. The predicted octanol–water partition coefficient (Wildman–Crippen LogP) is 10.6. The van der Waals surface area contributed by atoms with Crippen molar-refractivity contribution in [2.24, 2.45) is 11.8 Å². The normalized spacial score (nSPS) is 17.2. The van der Waals surface area contributed by atoms with Gasteiger partial charge in [0.15, 0.2) is 0 Å². The summed E-state index contributed by atoms with van der Waals surface area (Å²) in [4.78, 5) is 9.76. The second-order valence-electron chi connectivity index (χ2n) is 16.3. The molecule has 0 atom stereocenters. The van der Waals surface area contributed by atoms with Crippen LogP contribution in [0, 0.1) is 56.3 Å². The molecule has 4 heteroatoms. The molecular weight excluding hydrogens is 657 g/mol. The van der Waals surface area contributed by atoms with Crippen molar-refractivity contribution in [3.8, 4) is 0 Å². The highest BCUT2D eigenvalue weighted by Crippen LogP contribution is 2.54. The summed E-state index contributed by atoms with van der Waals surface area (Å²) >= 11 is 3.79. The molecule has 0 bridgehead atoms. The number of benzene rings is 5. The van der Waals surface area contributed by atoms with Crippen molar-refractivity contribution in [3.63, 3.8) is 0 Å². The summed E-state index contributed by atoms with van der Waals surface area (Å²) in [6.45, 7) is 34.2. The second kappa shape index (κ2) is 10.8. The first-order chi connectivity index (χ1) is 24.3. The Morgan fingerprint density at radius 1 is 0.529 bits per heavy atom. The Labute approximate surface area is 308 Å². The van der Waals surface area contributed by atoms with Crippen LogP contribution in [0.3, 0.4) is 0 Å². The van der Waals surface area contributed by atoms with E-state index in [0.717, 1.165) is 0 Å². The van der Waals surface area contributed by atoms with Gasteiger partial charge in [-0.3, -0.25) is 0 Å². The molecule has 0 saturated heterocycles. The summed E-state index contributed by atoms with van der Waals surface area (Å²) in [5.74, 6) is 0.892. The van der Waals surface area contributed by atoms with Crippen molar-refractivity contribution in [1.82, 2.24) is 0 Å². The fourth-order valence-corrected chi connectivity index (χ4v) is 12.6. The fourth-order valence-electron chi connectivity index (χ4n) is 10.1. The molecule has 4 aliphatic rings. The van der Waals surface area contributed by atoms with E-state index in [4.69, 9.17) is 13.1 Å². The first kappa shape index (κ1) is 32.4. The molecule has 2 nitrogen and oxygen atoms in total. The highest BCUT2D eigenvalue weighted by molar-refractivity contribution is 8.32. The van der Waals surface area contributed by atoms with E-state index in [2.05, 4.69) is 144 Å². The van der Waals surface area contributed by atoms with Gasteiger partial charge in [0.25, 0.3) is 0 Å². The molecule has 5 aromatic carbocycles. The minimum atomic E-state index is -0.262. The largest absolute Gasteiger partial charge is 0.526 e. The van der Waals surface area contributed by atoms with Crippen LogP contribution in [-0.4, -0.2) is 0 Å². The van der Waals surface area contributed by atoms with E-state index in [0.29, 0.717) is 17.1 Å². The Morgan fingerprint density at radius 3 is 1.45 bits per heavy atom. The topological polar surface area (TPSA) is 8.72 Å². The van der Waals surface area contributed by atoms with Crippen molar-refractivity contribution < 1.29 is 0 Å². The number of hydrogen-bond donors (Lipinski definition) is 0. The van der Waals surface area contributed by atoms with Gasteiger partial charge in [0.2, 0.25) is 0 Å². The van der Waals surface area contributed by atoms with E-state index in [1.165, 1.54) is 83.9 Å². The van der Waals surface area contributed by atoms with Gasteiger partial charge in [-0.05, 0) is 124 Å². The first-order valence-electron chi connectivity index (χ1n) is 18.0. The van der Waals surface area contributed by atoms with Crippen LogP contribution in [0.25, 0.3) is 19.7 Å². The molecular formula is C47H40N2S2. The minimum absolute atomic E-state index is 0.133. The van der Waals surface area contributed by atoms with Gasteiger partial charge in [-0.25, -0.2) is 0 Å².